The van der Waals surface area contributed by atoms with E-state index in [4.69, 9.17) is 4.74 Å². The molecule has 0 unspecified atom stereocenters. The van der Waals surface area contributed by atoms with Crippen LogP contribution in [0.1, 0.15) is 37.3 Å². The molecule has 2 atom stereocenters. The largest absolute Gasteiger partial charge is 0.489 e. The molecule has 0 heterocycles. The maximum atomic E-state index is 11.2. The summed E-state index contributed by atoms with van der Waals surface area (Å²) in [6.45, 7) is 4.28. The van der Waals surface area contributed by atoms with Gasteiger partial charge in [0.05, 0.1) is 5.92 Å². The summed E-state index contributed by atoms with van der Waals surface area (Å²) in [4.78, 5) is 11.2. The Hall–Kier alpha value is -2.29. The first-order valence-corrected chi connectivity index (χ1v) is 7.61. The molecule has 0 amide bonds. The van der Waals surface area contributed by atoms with Gasteiger partial charge in [0, 0.05) is 0 Å². The van der Waals surface area contributed by atoms with Crippen molar-refractivity contribution >= 4 is 5.97 Å². The van der Waals surface area contributed by atoms with Crippen LogP contribution < -0.4 is 4.74 Å². The van der Waals surface area contributed by atoms with Crippen LogP contribution in [-0.4, -0.2) is 11.1 Å². The number of hydrogen-bond acceptors (Lipinski definition) is 2. The lowest BCUT2D eigenvalue weighted by atomic mass is 9.85. The predicted octanol–water partition coefficient (Wildman–Crippen LogP) is 4.48. The van der Waals surface area contributed by atoms with Crippen molar-refractivity contribution < 1.29 is 14.6 Å². The summed E-state index contributed by atoms with van der Waals surface area (Å²) >= 11 is 0. The molecule has 0 radical (unpaired) electrons. The first-order valence-electron chi connectivity index (χ1n) is 7.61. The molecule has 0 saturated carbocycles. The normalized spacial score (nSPS) is 13.4. The standard InChI is InChI=1S/C19H22O3/c1-3-18(14(2)19(20)21)16-10-7-11-17(12-16)22-13-15-8-5-4-6-9-15/h4-12,14,18H,3,13H2,1-2H3,(H,20,21)/t14-,18+/m1/s1. The Kier molecular flexibility index (Phi) is 5.59. The molecule has 0 aliphatic rings. The Balaban J connectivity index is 2.10. The molecule has 3 nitrogen and oxygen atoms in total. The third-order valence-corrected chi connectivity index (χ3v) is 3.97. The van der Waals surface area contributed by atoms with Crippen molar-refractivity contribution in [2.45, 2.75) is 32.8 Å². The predicted molar refractivity (Wildman–Crippen MR) is 87.0 cm³/mol. The highest BCUT2D eigenvalue weighted by atomic mass is 16.5. The SMILES string of the molecule is CC[C@H](c1cccc(OCc2ccccc2)c1)[C@@H](C)C(=O)O. The Morgan fingerprint density at radius 1 is 1.14 bits per heavy atom. The zero-order chi connectivity index (χ0) is 15.9. The van der Waals surface area contributed by atoms with Crippen molar-refractivity contribution in [1.29, 1.82) is 0 Å². The van der Waals surface area contributed by atoms with Gasteiger partial charge in [-0.1, -0.05) is 56.3 Å². The highest BCUT2D eigenvalue weighted by Crippen LogP contribution is 2.30. The first-order chi connectivity index (χ1) is 10.6. The summed E-state index contributed by atoms with van der Waals surface area (Å²) < 4.78 is 5.82. The molecule has 0 fully saturated rings. The summed E-state index contributed by atoms with van der Waals surface area (Å²) in [5.41, 5.74) is 2.13. The van der Waals surface area contributed by atoms with Gasteiger partial charge in [0.15, 0.2) is 0 Å². The third-order valence-electron chi connectivity index (χ3n) is 3.97. The molecule has 116 valence electrons. The molecule has 2 aromatic carbocycles. The van der Waals surface area contributed by atoms with E-state index in [1.54, 1.807) is 6.92 Å². The van der Waals surface area contributed by atoms with Gasteiger partial charge in [0.25, 0.3) is 0 Å². The van der Waals surface area contributed by atoms with Crippen LogP contribution in [0.4, 0.5) is 0 Å². The smallest absolute Gasteiger partial charge is 0.306 e. The molecule has 22 heavy (non-hydrogen) atoms. The molecular weight excluding hydrogens is 276 g/mol. The number of rotatable bonds is 7. The van der Waals surface area contributed by atoms with Gasteiger partial charge >= 0.3 is 5.97 Å². The second-order valence-electron chi connectivity index (χ2n) is 5.49. The molecule has 0 saturated heterocycles. The molecule has 0 spiro atoms. The molecule has 2 rings (SSSR count). The van der Waals surface area contributed by atoms with Crippen molar-refractivity contribution in [3.63, 3.8) is 0 Å². The summed E-state index contributed by atoms with van der Waals surface area (Å²) in [7, 11) is 0. The molecule has 0 aliphatic carbocycles. The van der Waals surface area contributed by atoms with Crippen molar-refractivity contribution in [2.75, 3.05) is 0 Å². The van der Waals surface area contributed by atoms with E-state index in [0.29, 0.717) is 6.61 Å². The van der Waals surface area contributed by atoms with Gasteiger partial charge in [0.2, 0.25) is 0 Å². The van der Waals surface area contributed by atoms with E-state index in [0.717, 1.165) is 23.3 Å². The second kappa shape index (κ2) is 7.64. The first kappa shape index (κ1) is 16.1. The van der Waals surface area contributed by atoms with Crippen LogP contribution in [0.15, 0.2) is 54.6 Å². The van der Waals surface area contributed by atoms with E-state index >= 15 is 0 Å². The van der Waals surface area contributed by atoms with E-state index < -0.39 is 11.9 Å². The van der Waals surface area contributed by atoms with Crippen molar-refractivity contribution in [1.82, 2.24) is 0 Å². The van der Waals surface area contributed by atoms with Crippen molar-refractivity contribution in [2.24, 2.45) is 5.92 Å². The summed E-state index contributed by atoms with van der Waals surface area (Å²) in [6, 6.07) is 17.7. The Morgan fingerprint density at radius 3 is 2.50 bits per heavy atom. The molecule has 0 aliphatic heterocycles. The highest BCUT2D eigenvalue weighted by Gasteiger charge is 2.23. The molecule has 2 aromatic rings. The summed E-state index contributed by atoms with van der Waals surface area (Å²) in [5, 5.41) is 9.23. The van der Waals surface area contributed by atoms with Crippen LogP contribution in [-0.2, 0) is 11.4 Å². The summed E-state index contributed by atoms with van der Waals surface area (Å²) in [5.74, 6) is -0.396. The van der Waals surface area contributed by atoms with E-state index in [1.165, 1.54) is 0 Å². The van der Waals surface area contributed by atoms with Crippen LogP contribution in [0.2, 0.25) is 0 Å². The maximum absolute atomic E-state index is 11.2. The summed E-state index contributed by atoms with van der Waals surface area (Å²) in [6.07, 6.45) is 0.787. The van der Waals surface area contributed by atoms with Gasteiger partial charge in [-0.15, -0.1) is 0 Å². The fourth-order valence-electron chi connectivity index (χ4n) is 2.63. The Morgan fingerprint density at radius 2 is 1.86 bits per heavy atom. The lowest BCUT2D eigenvalue weighted by Gasteiger charge is -2.20. The number of benzene rings is 2. The van der Waals surface area contributed by atoms with E-state index in [1.807, 2.05) is 61.5 Å². The number of aliphatic carboxylic acids is 1. The zero-order valence-corrected chi connectivity index (χ0v) is 13.0. The van der Waals surface area contributed by atoms with Crippen LogP contribution >= 0.6 is 0 Å². The number of hydrogen-bond donors (Lipinski definition) is 1. The monoisotopic (exact) mass is 298 g/mol. The van der Waals surface area contributed by atoms with Gasteiger partial charge in [-0.2, -0.15) is 0 Å². The number of ether oxygens (including phenoxy) is 1. The quantitative estimate of drug-likeness (QED) is 0.819. The fourth-order valence-corrected chi connectivity index (χ4v) is 2.63. The minimum absolute atomic E-state index is 0.00206. The molecular formula is C19H22O3. The maximum Gasteiger partial charge on any atom is 0.306 e. The number of carboxylic acids is 1. The van der Waals surface area contributed by atoms with Crippen LogP contribution in [0.25, 0.3) is 0 Å². The molecule has 0 bridgehead atoms. The lowest BCUT2D eigenvalue weighted by molar-refractivity contribution is -0.141. The number of carboxylic acid groups (broad SMARTS) is 1. The average Bonchev–Trinajstić information content (AvgIpc) is 2.55. The van der Waals surface area contributed by atoms with Gasteiger partial charge in [-0.25, -0.2) is 0 Å². The fraction of sp³-hybridized carbons (Fsp3) is 0.316. The van der Waals surface area contributed by atoms with Gasteiger partial charge in [-0.3, -0.25) is 4.79 Å². The van der Waals surface area contributed by atoms with E-state index in [-0.39, 0.29) is 5.92 Å². The van der Waals surface area contributed by atoms with Crippen molar-refractivity contribution in [3.8, 4) is 5.75 Å². The lowest BCUT2D eigenvalue weighted by Crippen LogP contribution is -2.18. The van der Waals surface area contributed by atoms with Crippen LogP contribution in [0, 0.1) is 5.92 Å². The number of carbonyl (C=O) groups is 1. The van der Waals surface area contributed by atoms with Gasteiger partial charge < -0.3 is 9.84 Å². The second-order valence-corrected chi connectivity index (χ2v) is 5.49. The average molecular weight is 298 g/mol. The Bertz CT molecular complexity index is 607. The highest BCUT2D eigenvalue weighted by molar-refractivity contribution is 5.71. The van der Waals surface area contributed by atoms with Crippen LogP contribution in [0.5, 0.6) is 5.75 Å². The van der Waals surface area contributed by atoms with Crippen molar-refractivity contribution in [3.05, 3.63) is 65.7 Å². The molecule has 1 N–H and O–H groups in total. The van der Waals surface area contributed by atoms with Gasteiger partial charge in [0.1, 0.15) is 12.4 Å². The van der Waals surface area contributed by atoms with E-state index in [9.17, 15) is 9.90 Å². The minimum atomic E-state index is -0.762. The third kappa shape index (κ3) is 4.10. The molecule has 3 heteroatoms. The minimum Gasteiger partial charge on any atom is -0.489 e. The topological polar surface area (TPSA) is 46.5 Å². The van der Waals surface area contributed by atoms with Crippen LogP contribution in [0.3, 0.4) is 0 Å². The molecule has 0 aromatic heterocycles. The zero-order valence-electron chi connectivity index (χ0n) is 13.0. The van der Waals surface area contributed by atoms with Gasteiger partial charge in [-0.05, 0) is 35.6 Å². The van der Waals surface area contributed by atoms with E-state index in [2.05, 4.69) is 0 Å². The Labute approximate surface area is 131 Å².